The number of nitrogens with zero attached hydrogens (tertiary/aromatic N) is 1. The SMILES string of the molecule is O=c1ccn(C2OC(C[CH]=[Co])C(O)C2O)c(=O)[nH]1. The predicted molar refractivity (Wildman–Crippen MR) is 57.9 cm³/mol. The fourth-order valence-electron chi connectivity index (χ4n) is 1.86. The van der Waals surface area contributed by atoms with Crippen LogP contribution in [0.1, 0.15) is 12.6 Å². The van der Waals surface area contributed by atoms with Gasteiger partial charge in [-0.3, -0.25) is 0 Å². The number of hydrogen-bond acceptors (Lipinski definition) is 5. The Morgan fingerprint density at radius 2 is 2.17 bits per heavy atom. The zero-order valence-corrected chi connectivity index (χ0v) is 10.2. The molecule has 18 heavy (non-hydrogen) atoms. The van der Waals surface area contributed by atoms with Gasteiger partial charge in [-0.2, -0.15) is 0 Å². The fraction of sp³-hybridized carbons (Fsp3) is 0.500. The number of aromatic nitrogens is 2. The molecule has 0 saturated carbocycles. The van der Waals surface area contributed by atoms with Crippen LogP contribution < -0.4 is 11.2 Å². The summed E-state index contributed by atoms with van der Waals surface area (Å²) in [6.45, 7) is 0. The maximum atomic E-state index is 11.6. The molecule has 4 atom stereocenters. The molecule has 0 radical (unpaired) electrons. The van der Waals surface area contributed by atoms with Crippen molar-refractivity contribution in [3.8, 4) is 0 Å². The van der Waals surface area contributed by atoms with E-state index in [-0.39, 0.29) is 0 Å². The third-order valence-electron chi connectivity index (χ3n) is 2.77. The topological polar surface area (TPSA) is 105 Å². The van der Waals surface area contributed by atoms with Crippen LogP contribution in [0.4, 0.5) is 0 Å². The molecular formula is C10H12CoN2O5. The molecule has 101 valence electrons. The normalized spacial score (nSPS) is 31.5. The Hall–Kier alpha value is -1.06. The molecule has 1 saturated heterocycles. The number of ether oxygens (including phenoxy) is 1. The molecule has 2 rings (SSSR count). The van der Waals surface area contributed by atoms with Crippen LogP contribution in [0, 0.1) is 0 Å². The summed E-state index contributed by atoms with van der Waals surface area (Å²) in [6.07, 6.45) is -2.48. The minimum absolute atomic E-state index is 0.326. The molecule has 4 unspecified atom stereocenters. The van der Waals surface area contributed by atoms with Crippen molar-refractivity contribution in [3.05, 3.63) is 33.1 Å². The van der Waals surface area contributed by atoms with Gasteiger partial charge in [-0.25, -0.2) is 0 Å². The average molecular weight is 299 g/mol. The first kappa shape index (κ1) is 13.4. The fourth-order valence-corrected chi connectivity index (χ4v) is 2.10. The van der Waals surface area contributed by atoms with E-state index in [1.54, 1.807) is 0 Å². The molecule has 1 aliphatic heterocycles. The molecule has 1 fully saturated rings. The van der Waals surface area contributed by atoms with E-state index in [2.05, 4.69) is 20.3 Å². The first-order valence-electron chi connectivity index (χ1n) is 5.27. The Kier molecular flexibility index (Phi) is 3.93. The predicted octanol–water partition coefficient (Wildman–Crippen LogP) is -2.11. The van der Waals surface area contributed by atoms with E-state index in [9.17, 15) is 19.8 Å². The van der Waals surface area contributed by atoms with Crippen LogP contribution in [0.15, 0.2) is 21.9 Å². The Labute approximate surface area is 109 Å². The number of rotatable bonds is 3. The van der Waals surface area contributed by atoms with Gasteiger partial charge in [0.05, 0.1) is 0 Å². The van der Waals surface area contributed by atoms with Crippen molar-refractivity contribution in [2.75, 3.05) is 0 Å². The summed E-state index contributed by atoms with van der Waals surface area (Å²) in [7, 11) is 0. The number of aliphatic hydroxyl groups excluding tert-OH is 2. The van der Waals surface area contributed by atoms with Gasteiger partial charge in [-0.05, 0) is 0 Å². The number of H-pyrrole nitrogens is 1. The van der Waals surface area contributed by atoms with E-state index in [1.165, 1.54) is 11.2 Å². The van der Waals surface area contributed by atoms with Crippen molar-refractivity contribution >= 4 is 4.96 Å². The second-order valence-electron chi connectivity index (χ2n) is 3.94. The van der Waals surface area contributed by atoms with Crippen molar-refractivity contribution in [2.45, 2.75) is 31.0 Å². The zero-order chi connectivity index (χ0) is 13.3. The van der Waals surface area contributed by atoms with E-state index >= 15 is 0 Å². The van der Waals surface area contributed by atoms with Gasteiger partial charge < -0.3 is 0 Å². The van der Waals surface area contributed by atoms with Crippen LogP contribution >= 0.6 is 0 Å². The summed E-state index contributed by atoms with van der Waals surface area (Å²) in [4.78, 5) is 26.0. The summed E-state index contributed by atoms with van der Waals surface area (Å²) in [5, 5.41) is 19.6. The van der Waals surface area contributed by atoms with Crippen LogP contribution in [0.5, 0.6) is 0 Å². The molecule has 1 aromatic heterocycles. The van der Waals surface area contributed by atoms with Gasteiger partial charge in [-0.15, -0.1) is 0 Å². The standard InChI is InChI=1S/C10H12N2O5.Co/c1-2-5-7(14)8(15)9(17-5)12-4-3-6(13)11-10(12)16;/h1,3-5,7-9,14-15H,2H2,(H,11,13,16);. The van der Waals surface area contributed by atoms with Crippen LogP contribution in [-0.2, 0) is 20.0 Å². The van der Waals surface area contributed by atoms with Crippen LogP contribution in [-0.4, -0.2) is 43.0 Å². The van der Waals surface area contributed by atoms with E-state index in [0.29, 0.717) is 6.42 Å². The molecule has 0 aromatic carbocycles. The molecular weight excluding hydrogens is 287 g/mol. The van der Waals surface area contributed by atoms with Gasteiger partial charge in [0, 0.05) is 0 Å². The van der Waals surface area contributed by atoms with Gasteiger partial charge >= 0.3 is 109 Å². The molecule has 0 spiro atoms. The third-order valence-corrected chi connectivity index (χ3v) is 3.02. The van der Waals surface area contributed by atoms with Crippen molar-refractivity contribution in [2.24, 2.45) is 0 Å². The summed E-state index contributed by atoms with van der Waals surface area (Å²) in [6, 6.07) is 1.14. The van der Waals surface area contributed by atoms with Crippen molar-refractivity contribution in [1.29, 1.82) is 0 Å². The summed E-state index contributed by atoms with van der Waals surface area (Å²) in [5.74, 6) is 0. The molecule has 1 aromatic rings. The molecule has 7 nitrogen and oxygen atoms in total. The Morgan fingerprint density at radius 3 is 2.78 bits per heavy atom. The number of aliphatic hydroxyl groups is 2. The number of aromatic amines is 1. The molecule has 3 N–H and O–H groups in total. The van der Waals surface area contributed by atoms with E-state index in [4.69, 9.17) is 4.74 Å². The van der Waals surface area contributed by atoms with Crippen LogP contribution in [0.3, 0.4) is 0 Å². The molecule has 0 aliphatic carbocycles. The molecule has 2 heterocycles. The van der Waals surface area contributed by atoms with Gasteiger partial charge in [-0.1, -0.05) is 0 Å². The maximum absolute atomic E-state index is 11.6. The van der Waals surface area contributed by atoms with Gasteiger partial charge in [0.2, 0.25) is 0 Å². The number of hydrogen-bond donors (Lipinski definition) is 3. The molecule has 0 amide bonds. The van der Waals surface area contributed by atoms with E-state index in [1.807, 2.05) is 0 Å². The van der Waals surface area contributed by atoms with E-state index < -0.39 is 35.8 Å². The second-order valence-corrected chi connectivity index (χ2v) is 4.36. The van der Waals surface area contributed by atoms with Crippen molar-refractivity contribution in [1.82, 2.24) is 9.55 Å². The first-order chi connectivity index (χ1) is 8.54. The van der Waals surface area contributed by atoms with Crippen LogP contribution in [0.25, 0.3) is 0 Å². The quantitative estimate of drug-likeness (QED) is 0.593. The Bertz CT molecular complexity index is 554. The average Bonchev–Trinajstić information content (AvgIpc) is 2.58. The Morgan fingerprint density at radius 1 is 1.44 bits per heavy atom. The molecule has 1 aliphatic rings. The molecule has 0 bridgehead atoms. The molecule has 8 heteroatoms. The Balaban J connectivity index is 2.31. The van der Waals surface area contributed by atoms with E-state index in [0.717, 1.165) is 10.6 Å². The second kappa shape index (κ2) is 5.29. The zero-order valence-electron chi connectivity index (χ0n) is 9.15. The van der Waals surface area contributed by atoms with Crippen LogP contribution in [0.2, 0.25) is 0 Å². The first-order valence-corrected chi connectivity index (χ1v) is 5.87. The third kappa shape index (κ3) is 2.38. The number of nitrogens with one attached hydrogen (secondary N) is 1. The summed E-state index contributed by atoms with van der Waals surface area (Å²) >= 11 is 3.95. The van der Waals surface area contributed by atoms with Gasteiger partial charge in [0.25, 0.3) is 0 Å². The summed E-state index contributed by atoms with van der Waals surface area (Å²) in [5.41, 5.74) is -1.24. The monoisotopic (exact) mass is 299 g/mol. The van der Waals surface area contributed by atoms with Crippen molar-refractivity contribution < 1.29 is 30.3 Å². The summed E-state index contributed by atoms with van der Waals surface area (Å²) < 4.78 is 6.43. The van der Waals surface area contributed by atoms with Crippen molar-refractivity contribution in [3.63, 3.8) is 0 Å². The minimum atomic E-state index is -1.24. The van der Waals surface area contributed by atoms with Gasteiger partial charge in [0.15, 0.2) is 0 Å². The van der Waals surface area contributed by atoms with Gasteiger partial charge in [0.1, 0.15) is 0 Å².